The number of hydroxylamine groups is 2. The van der Waals surface area contributed by atoms with Crippen molar-refractivity contribution in [1.82, 2.24) is 5.06 Å². The van der Waals surface area contributed by atoms with Crippen LogP contribution in [-0.4, -0.2) is 80.6 Å². The minimum Gasteiger partial charge on any atom is -0.460 e. The van der Waals surface area contributed by atoms with Crippen LogP contribution in [0.1, 0.15) is 23.2 Å². The summed E-state index contributed by atoms with van der Waals surface area (Å²) in [7, 11) is 0. The Morgan fingerprint density at radius 1 is 1.06 bits per heavy atom. The fourth-order valence-electron chi connectivity index (χ4n) is 3.43. The molecule has 13 nitrogen and oxygen atoms in total. The summed E-state index contributed by atoms with van der Waals surface area (Å²) in [5.41, 5.74) is -1.84. The van der Waals surface area contributed by atoms with Gasteiger partial charge in [-0.2, -0.15) is 0 Å². The fourth-order valence-corrected chi connectivity index (χ4v) is 3.65. The van der Waals surface area contributed by atoms with Gasteiger partial charge in [-0.1, -0.05) is 11.6 Å². The van der Waals surface area contributed by atoms with Gasteiger partial charge < -0.3 is 39.2 Å². The van der Waals surface area contributed by atoms with E-state index in [9.17, 15) is 39.6 Å². The monoisotopic (exact) mass is 499 g/mol. The second kappa shape index (κ2) is 9.29. The Kier molecular flexibility index (Phi) is 6.58. The van der Waals surface area contributed by atoms with Gasteiger partial charge in [0, 0.05) is 24.3 Å². The van der Waals surface area contributed by atoms with E-state index in [-0.39, 0.29) is 39.6 Å². The average molecular weight is 500 g/mol. The maximum atomic E-state index is 12.3. The number of hydrogen-bond acceptors (Lipinski definition) is 12. The molecule has 1 unspecified atom stereocenters. The van der Waals surface area contributed by atoms with Crippen LogP contribution in [-0.2, 0) is 19.2 Å². The quantitative estimate of drug-likeness (QED) is 0.285. The number of benzene rings is 1. The Bertz CT molecular complexity index is 1190. The van der Waals surface area contributed by atoms with Crippen LogP contribution in [0, 0.1) is 0 Å². The number of carbonyl (C=O) groups excluding carboxylic acids is 3. The molecule has 0 saturated carbocycles. The van der Waals surface area contributed by atoms with Crippen LogP contribution in [0.2, 0.25) is 5.02 Å². The molecule has 0 aliphatic carbocycles. The molecule has 0 radical (unpaired) electrons. The summed E-state index contributed by atoms with van der Waals surface area (Å²) in [6, 6.07) is 3.49. The highest BCUT2D eigenvalue weighted by Crippen LogP contribution is 2.33. The van der Waals surface area contributed by atoms with E-state index < -0.39 is 66.3 Å². The van der Waals surface area contributed by atoms with Gasteiger partial charge in [-0.3, -0.25) is 9.59 Å². The highest BCUT2D eigenvalue weighted by Gasteiger charge is 2.45. The van der Waals surface area contributed by atoms with E-state index in [2.05, 4.69) is 0 Å². The van der Waals surface area contributed by atoms with Crippen LogP contribution in [0.5, 0.6) is 5.75 Å². The van der Waals surface area contributed by atoms with Gasteiger partial charge in [0.2, 0.25) is 6.29 Å². The first-order chi connectivity index (χ1) is 16.1. The summed E-state index contributed by atoms with van der Waals surface area (Å²) in [5.74, 6) is -2.87. The second-order valence-corrected chi connectivity index (χ2v) is 7.95. The number of ether oxygens (including phenoxy) is 2. The fraction of sp³-hybridized carbons (Fsp3) is 0.400. The van der Waals surface area contributed by atoms with Gasteiger partial charge in [0.05, 0.1) is 11.6 Å². The largest absolute Gasteiger partial charge is 0.460 e. The zero-order valence-corrected chi connectivity index (χ0v) is 17.9. The number of hydrogen-bond donors (Lipinski definition) is 4. The number of amides is 2. The molecule has 2 fully saturated rings. The van der Waals surface area contributed by atoms with Crippen LogP contribution in [0.4, 0.5) is 0 Å². The molecular formula is C20H18ClNO12. The Morgan fingerprint density at radius 2 is 1.74 bits per heavy atom. The molecule has 5 atom stereocenters. The van der Waals surface area contributed by atoms with E-state index in [0.717, 1.165) is 12.1 Å². The van der Waals surface area contributed by atoms with Crippen molar-refractivity contribution < 1.29 is 53.5 Å². The summed E-state index contributed by atoms with van der Waals surface area (Å²) in [6.45, 7) is -0.668. The summed E-state index contributed by atoms with van der Waals surface area (Å²) in [6.07, 6.45) is -7.98. The molecule has 1 aromatic heterocycles. The lowest BCUT2D eigenvalue weighted by Gasteiger charge is -2.39. The summed E-state index contributed by atoms with van der Waals surface area (Å²) in [5, 5.41) is 39.5. The van der Waals surface area contributed by atoms with Crippen LogP contribution in [0.15, 0.2) is 27.4 Å². The van der Waals surface area contributed by atoms with E-state index in [0.29, 0.717) is 0 Å². The van der Waals surface area contributed by atoms with Gasteiger partial charge in [0.15, 0.2) is 0 Å². The molecule has 4 rings (SSSR count). The lowest BCUT2D eigenvalue weighted by molar-refractivity contribution is -0.277. The number of imide groups is 1. The van der Waals surface area contributed by atoms with E-state index in [4.69, 9.17) is 30.3 Å². The zero-order valence-electron chi connectivity index (χ0n) is 17.1. The molecule has 182 valence electrons. The first-order valence-electron chi connectivity index (χ1n) is 9.93. The molecule has 1 aromatic carbocycles. The third-order valence-electron chi connectivity index (χ3n) is 5.28. The van der Waals surface area contributed by atoms with E-state index in [1.807, 2.05) is 0 Å². The molecule has 4 N–H and O–H groups in total. The number of carbonyl (C=O) groups is 3. The van der Waals surface area contributed by atoms with Gasteiger partial charge in [-0.05, 0) is 12.1 Å². The Balaban J connectivity index is 1.59. The number of nitrogens with zero attached hydrogens (tertiary/aromatic N) is 1. The second-order valence-electron chi connectivity index (χ2n) is 7.54. The Morgan fingerprint density at radius 3 is 2.38 bits per heavy atom. The molecule has 2 aliphatic heterocycles. The molecule has 2 aromatic rings. The van der Waals surface area contributed by atoms with Crippen LogP contribution in [0.3, 0.4) is 0 Å². The highest BCUT2D eigenvalue weighted by atomic mass is 35.5. The SMILES string of the molecule is O=C(ON1C(=O)CCC1=O)c1cc2cc(Cl)c(OC3O[C@H](CO)[C@H](O)[C@H](O)[C@H]3O)cc2oc1=O. The van der Waals surface area contributed by atoms with Crippen molar-refractivity contribution in [2.45, 2.75) is 43.5 Å². The molecule has 34 heavy (non-hydrogen) atoms. The molecule has 14 heteroatoms. The molecule has 0 bridgehead atoms. The predicted octanol–water partition coefficient (Wildman–Crippen LogP) is -1.15. The number of halogens is 1. The molecule has 0 spiro atoms. The number of aliphatic hydroxyl groups is 4. The lowest BCUT2D eigenvalue weighted by atomic mass is 9.99. The van der Waals surface area contributed by atoms with Crippen LogP contribution < -0.4 is 10.4 Å². The third-order valence-corrected chi connectivity index (χ3v) is 5.57. The molecule has 2 saturated heterocycles. The summed E-state index contributed by atoms with van der Waals surface area (Å²) >= 11 is 6.20. The minimum atomic E-state index is -1.70. The van der Waals surface area contributed by atoms with Gasteiger partial charge in [-0.25, -0.2) is 9.59 Å². The van der Waals surface area contributed by atoms with Gasteiger partial charge in [0.1, 0.15) is 41.3 Å². The number of rotatable bonds is 5. The average Bonchev–Trinajstić information content (AvgIpc) is 3.11. The molecular weight excluding hydrogens is 482 g/mol. The van der Waals surface area contributed by atoms with E-state index in [1.54, 1.807) is 0 Å². The Hall–Kier alpha value is -3.07. The molecule has 2 amide bonds. The van der Waals surface area contributed by atoms with Crippen molar-refractivity contribution in [2.75, 3.05) is 6.61 Å². The van der Waals surface area contributed by atoms with E-state index >= 15 is 0 Å². The normalized spacial score (nSPS) is 27.3. The maximum Gasteiger partial charge on any atom is 0.371 e. The van der Waals surface area contributed by atoms with Crippen molar-refractivity contribution >= 4 is 40.4 Å². The standard InChI is InChI=1S/C20H18ClNO12/c21-9-4-7-3-8(19(30)34-22-13(24)1-2-14(22)25)18(29)31-10(7)5-11(9)32-20-17(28)16(27)15(26)12(6-23)33-20/h3-5,12,15-17,20,23,26-28H,1-2,6H2/t12-,15+,16+,17-,20?/m1/s1. The minimum absolute atomic E-state index is 0.0810. The first-order valence-corrected chi connectivity index (χ1v) is 10.3. The molecule has 2 aliphatic rings. The Labute approximate surface area is 194 Å². The first kappa shape index (κ1) is 24.1. The number of aliphatic hydroxyl groups excluding tert-OH is 4. The lowest BCUT2D eigenvalue weighted by Crippen LogP contribution is -2.60. The molecule has 3 heterocycles. The van der Waals surface area contributed by atoms with E-state index in [1.165, 1.54) is 6.07 Å². The van der Waals surface area contributed by atoms with Crippen molar-refractivity contribution in [3.63, 3.8) is 0 Å². The number of fused-ring (bicyclic) bond motifs is 1. The van der Waals surface area contributed by atoms with Gasteiger partial charge in [-0.15, -0.1) is 5.06 Å². The maximum absolute atomic E-state index is 12.3. The van der Waals surface area contributed by atoms with Crippen LogP contribution in [0.25, 0.3) is 11.0 Å². The summed E-state index contributed by atoms with van der Waals surface area (Å²) < 4.78 is 15.8. The predicted molar refractivity (Wildman–Crippen MR) is 108 cm³/mol. The van der Waals surface area contributed by atoms with Crippen molar-refractivity contribution in [3.05, 3.63) is 39.2 Å². The van der Waals surface area contributed by atoms with Crippen molar-refractivity contribution in [3.8, 4) is 5.75 Å². The van der Waals surface area contributed by atoms with Crippen molar-refractivity contribution in [2.24, 2.45) is 0 Å². The zero-order chi connectivity index (χ0) is 24.7. The van der Waals surface area contributed by atoms with Gasteiger partial charge >= 0.3 is 11.6 Å². The summed E-state index contributed by atoms with van der Waals surface area (Å²) in [4.78, 5) is 52.6. The van der Waals surface area contributed by atoms with Crippen LogP contribution >= 0.6 is 11.6 Å². The smallest absolute Gasteiger partial charge is 0.371 e. The van der Waals surface area contributed by atoms with Gasteiger partial charge in [0.25, 0.3) is 11.8 Å². The third kappa shape index (κ3) is 4.36. The highest BCUT2D eigenvalue weighted by molar-refractivity contribution is 6.32. The topological polar surface area (TPSA) is 193 Å². The van der Waals surface area contributed by atoms with Crippen molar-refractivity contribution in [1.29, 1.82) is 0 Å².